The van der Waals surface area contributed by atoms with E-state index in [0.717, 1.165) is 24.8 Å². The van der Waals surface area contributed by atoms with Gasteiger partial charge in [-0.3, -0.25) is 9.52 Å². The van der Waals surface area contributed by atoms with Gasteiger partial charge in [-0.2, -0.15) is 0 Å². The Morgan fingerprint density at radius 2 is 1.74 bits per heavy atom. The van der Waals surface area contributed by atoms with Gasteiger partial charge in [0.05, 0.1) is 4.90 Å². The molecule has 0 radical (unpaired) electrons. The quantitative estimate of drug-likeness (QED) is 0.513. The van der Waals surface area contributed by atoms with Crippen LogP contribution in [0.15, 0.2) is 65.7 Å². The highest BCUT2D eigenvalue weighted by Gasteiger charge is 2.19. The second kappa shape index (κ2) is 9.75. The van der Waals surface area contributed by atoms with Crippen LogP contribution in [-0.4, -0.2) is 19.3 Å². The Labute approximate surface area is 183 Å². The maximum absolute atomic E-state index is 12.9. The fraction of sp³-hybridized carbons (Fsp3) is 0.250. The van der Waals surface area contributed by atoms with E-state index in [9.17, 15) is 13.2 Å². The minimum Gasteiger partial charge on any atom is -0.306 e. The second-order valence-electron chi connectivity index (χ2n) is 7.51. The first-order chi connectivity index (χ1) is 14.8. The number of amides is 1. The predicted octanol–water partition coefficient (Wildman–Crippen LogP) is 5.09. The van der Waals surface area contributed by atoms with Gasteiger partial charge in [-0.15, -0.1) is 0 Å². The maximum Gasteiger partial charge on any atom is 0.261 e. The van der Waals surface area contributed by atoms with Crippen molar-refractivity contribution in [1.82, 2.24) is 4.98 Å². The third-order valence-electron chi connectivity index (χ3n) is 5.03. The van der Waals surface area contributed by atoms with Gasteiger partial charge in [0.25, 0.3) is 15.9 Å². The summed E-state index contributed by atoms with van der Waals surface area (Å²) in [5.41, 5.74) is 3.43. The monoisotopic (exact) mass is 437 g/mol. The van der Waals surface area contributed by atoms with Crippen LogP contribution < -0.4 is 10.0 Å². The van der Waals surface area contributed by atoms with E-state index in [-0.39, 0.29) is 10.5 Å². The summed E-state index contributed by atoms with van der Waals surface area (Å²) in [6.45, 7) is 5.74. The number of aryl methyl sites for hydroxylation is 3. The highest BCUT2D eigenvalue weighted by molar-refractivity contribution is 7.92. The van der Waals surface area contributed by atoms with Gasteiger partial charge in [0, 0.05) is 17.4 Å². The number of benzene rings is 2. The van der Waals surface area contributed by atoms with Gasteiger partial charge < -0.3 is 5.32 Å². The molecule has 1 heterocycles. The van der Waals surface area contributed by atoms with Crippen molar-refractivity contribution in [2.45, 2.75) is 44.9 Å². The normalized spacial score (nSPS) is 11.2. The van der Waals surface area contributed by atoms with Crippen LogP contribution in [0.2, 0.25) is 0 Å². The average molecular weight is 438 g/mol. The summed E-state index contributed by atoms with van der Waals surface area (Å²) in [5, 5.41) is 2.75. The van der Waals surface area contributed by atoms with Gasteiger partial charge in [-0.1, -0.05) is 37.6 Å². The molecule has 3 aromatic rings. The number of unbranched alkanes of at least 4 members (excludes halogenated alkanes) is 1. The molecule has 1 amide bonds. The molecule has 7 heteroatoms. The van der Waals surface area contributed by atoms with Gasteiger partial charge in [0.2, 0.25) is 0 Å². The zero-order chi connectivity index (χ0) is 22.4. The van der Waals surface area contributed by atoms with Crippen LogP contribution in [0.25, 0.3) is 0 Å². The Morgan fingerprint density at radius 3 is 2.42 bits per heavy atom. The van der Waals surface area contributed by atoms with Crippen LogP contribution in [0.3, 0.4) is 0 Å². The number of sulfonamides is 1. The van der Waals surface area contributed by atoms with Crippen LogP contribution in [0.5, 0.6) is 0 Å². The number of carbonyl (C=O) groups excluding carboxylic acids is 1. The van der Waals surface area contributed by atoms with Gasteiger partial charge in [0.15, 0.2) is 0 Å². The van der Waals surface area contributed by atoms with Gasteiger partial charge in [-0.25, -0.2) is 13.4 Å². The van der Waals surface area contributed by atoms with Crippen molar-refractivity contribution >= 4 is 27.4 Å². The Kier molecular flexibility index (Phi) is 7.07. The van der Waals surface area contributed by atoms with Crippen molar-refractivity contribution in [1.29, 1.82) is 0 Å². The highest BCUT2D eigenvalue weighted by Crippen LogP contribution is 2.21. The molecular formula is C24H27N3O3S. The summed E-state index contributed by atoms with van der Waals surface area (Å²) in [7, 11) is -3.84. The second-order valence-corrected chi connectivity index (χ2v) is 9.19. The van der Waals surface area contributed by atoms with Crippen LogP contribution in [0.4, 0.5) is 11.5 Å². The molecule has 2 aromatic carbocycles. The number of nitrogens with one attached hydrogen (secondary N) is 2. The molecule has 0 spiro atoms. The minimum atomic E-state index is -3.84. The van der Waals surface area contributed by atoms with Crippen molar-refractivity contribution in [3.05, 3.63) is 83.0 Å². The lowest BCUT2D eigenvalue weighted by Crippen LogP contribution is -2.18. The molecule has 31 heavy (non-hydrogen) atoms. The number of nitrogens with zero attached hydrogens (tertiary/aromatic N) is 1. The molecule has 0 saturated carbocycles. The molecule has 0 atom stereocenters. The zero-order valence-electron chi connectivity index (χ0n) is 18.0. The van der Waals surface area contributed by atoms with Crippen LogP contribution >= 0.6 is 0 Å². The van der Waals surface area contributed by atoms with E-state index in [4.69, 9.17) is 0 Å². The first kappa shape index (κ1) is 22.5. The number of hydrogen-bond acceptors (Lipinski definition) is 4. The maximum atomic E-state index is 12.9. The molecule has 0 saturated heterocycles. The van der Waals surface area contributed by atoms with Gasteiger partial charge in [0.1, 0.15) is 5.82 Å². The fourth-order valence-corrected chi connectivity index (χ4v) is 4.22. The number of rotatable bonds is 8. The molecule has 0 aliphatic rings. The summed E-state index contributed by atoms with van der Waals surface area (Å²) in [6, 6.07) is 15.5. The van der Waals surface area contributed by atoms with E-state index >= 15 is 0 Å². The third-order valence-corrected chi connectivity index (χ3v) is 6.41. The van der Waals surface area contributed by atoms with Crippen LogP contribution in [0, 0.1) is 13.8 Å². The van der Waals surface area contributed by atoms with E-state index in [1.165, 1.54) is 17.7 Å². The fourth-order valence-electron chi connectivity index (χ4n) is 3.14. The van der Waals surface area contributed by atoms with Crippen LogP contribution in [-0.2, 0) is 16.4 Å². The summed E-state index contributed by atoms with van der Waals surface area (Å²) in [6.07, 6.45) is 4.76. The molecule has 0 fully saturated rings. The molecular weight excluding hydrogens is 410 g/mol. The Bertz CT molecular complexity index is 1170. The van der Waals surface area contributed by atoms with E-state index < -0.39 is 15.9 Å². The summed E-state index contributed by atoms with van der Waals surface area (Å²) >= 11 is 0. The molecule has 1 aromatic heterocycles. The lowest BCUT2D eigenvalue weighted by Gasteiger charge is -2.12. The Hall–Kier alpha value is -3.19. The lowest BCUT2D eigenvalue weighted by molar-refractivity contribution is 0.102. The molecule has 2 N–H and O–H groups in total. The van der Waals surface area contributed by atoms with Crippen LogP contribution in [0.1, 0.15) is 46.8 Å². The number of carbonyl (C=O) groups is 1. The Balaban J connectivity index is 1.80. The molecule has 162 valence electrons. The number of anilines is 2. The van der Waals surface area contributed by atoms with E-state index in [1.54, 1.807) is 37.4 Å². The Morgan fingerprint density at radius 1 is 1.00 bits per heavy atom. The van der Waals surface area contributed by atoms with Crippen molar-refractivity contribution in [3.63, 3.8) is 0 Å². The largest absolute Gasteiger partial charge is 0.306 e. The average Bonchev–Trinajstić information content (AvgIpc) is 2.74. The molecule has 0 bridgehead atoms. The summed E-state index contributed by atoms with van der Waals surface area (Å²) < 4.78 is 28.4. The van der Waals surface area contributed by atoms with Crippen molar-refractivity contribution in [2.24, 2.45) is 0 Å². The third kappa shape index (κ3) is 5.70. The number of hydrogen-bond donors (Lipinski definition) is 2. The lowest BCUT2D eigenvalue weighted by atomic mass is 10.1. The molecule has 0 aliphatic heterocycles. The summed E-state index contributed by atoms with van der Waals surface area (Å²) in [5.74, 6) is 0.0399. The molecule has 0 aliphatic carbocycles. The van der Waals surface area contributed by atoms with Gasteiger partial charge in [-0.05, 0) is 73.7 Å². The van der Waals surface area contributed by atoms with E-state index in [1.807, 2.05) is 25.1 Å². The SMILES string of the molecule is CCCCc1ccc(NS(=O)(=O)c2ccc(C)c(C(=O)Nc3ncccc3C)c2)cc1. The zero-order valence-corrected chi connectivity index (χ0v) is 18.8. The van der Waals surface area contributed by atoms with E-state index in [0.29, 0.717) is 17.1 Å². The standard InChI is InChI=1S/C24H27N3O3S/c1-4-5-8-19-10-12-20(13-11-19)27-31(29,30)21-14-9-17(2)22(16-21)24(28)26-23-18(3)7-6-15-25-23/h6-7,9-16,27H,4-5,8H2,1-3H3,(H,25,26,28). The molecule has 0 unspecified atom stereocenters. The number of pyridine rings is 1. The number of aromatic nitrogens is 1. The molecule has 3 rings (SSSR count). The van der Waals surface area contributed by atoms with Crippen molar-refractivity contribution in [3.8, 4) is 0 Å². The predicted molar refractivity (Wildman–Crippen MR) is 124 cm³/mol. The summed E-state index contributed by atoms with van der Waals surface area (Å²) in [4.78, 5) is 17.0. The first-order valence-electron chi connectivity index (χ1n) is 10.3. The minimum absolute atomic E-state index is 0.0241. The van der Waals surface area contributed by atoms with Crippen molar-refractivity contribution in [2.75, 3.05) is 10.0 Å². The highest BCUT2D eigenvalue weighted by atomic mass is 32.2. The molecule has 6 nitrogen and oxygen atoms in total. The van der Waals surface area contributed by atoms with Gasteiger partial charge >= 0.3 is 0 Å². The smallest absolute Gasteiger partial charge is 0.261 e. The first-order valence-corrected chi connectivity index (χ1v) is 11.7. The van der Waals surface area contributed by atoms with E-state index in [2.05, 4.69) is 21.9 Å². The topological polar surface area (TPSA) is 88.2 Å². The van der Waals surface area contributed by atoms with Crippen molar-refractivity contribution < 1.29 is 13.2 Å².